The van der Waals surface area contributed by atoms with Crippen molar-refractivity contribution < 1.29 is 9.59 Å². The Bertz CT molecular complexity index is 1130. The Hall–Kier alpha value is -2.67. The second-order valence-electron chi connectivity index (χ2n) is 9.00. The summed E-state index contributed by atoms with van der Waals surface area (Å²) in [6.45, 7) is 13.6. The van der Waals surface area contributed by atoms with Crippen molar-refractivity contribution >= 4 is 23.3 Å². The Labute approximate surface area is 187 Å². The van der Waals surface area contributed by atoms with Gasteiger partial charge in [-0.2, -0.15) is 0 Å². The van der Waals surface area contributed by atoms with Crippen molar-refractivity contribution in [2.75, 3.05) is 0 Å². The first kappa shape index (κ1) is 23.0. The molecule has 0 fully saturated rings. The van der Waals surface area contributed by atoms with Crippen LogP contribution in [0.2, 0.25) is 0 Å². The number of hydrogen-bond donors (Lipinski definition) is 1. The number of nitrogens with zero attached hydrogens (tertiary/aromatic N) is 3. The first-order chi connectivity index (χ1) is 14.4. The van der Waals surface area contributed by atoms with Gasteiger partial charge in [0.2, 0.25) is 0 Å². The van der Waals surface area contributed by atoms with Crippen molar-refractivity contribution in [3.8, 4) is 11.4 Å². The summed E-state index contributed by atoms with van der Waals surface area (Å²) in [5.74, 6) is 0.659. The molecule has 1 unspecified atom stereocenters. The fourth-order valence-corrected chi connectivity index (χ4v) is 4.60. The molecule has 0 radical (unpaired) electrons. The third-order valence-corrected chi connectivity index (χ3v) is 6.67. The summed E-state index contributed by atoms with van der Waals surface area (Å²) in [4.78, 5) is 28.0. The molecule has 3 aromatic rings. The van der Waals surface area contributed by atoms with Crippen LogP contribution in [0.1, 0.15) is 72.3 Å². The van der Waals surface area contributed by atoms with E-state index in [2.05, 4.69) is 60.2 Å². The third kappa shape index (κ3) is 4.51. The van der Waals surface area contributed by atoms with Crippen LogP contribution in [0.5, 0.6) is 0 Å². The molecule has 7 heteroatoms. The number of aromatic nitrogens is 4. The number of rotatable bonds is 6. The van der Waals surface area contributed by atoms with Crippen LogP contribution in [-0.4, -0.2) is 36.6 Å². The number of nitrogens with one attached hydrogen (secondary N) is 1. The molecule has 0 aliphatic rings. The predicted octanol–water partition coefficient (Wildman–Crippen LogP) is 5.29. The zero-order valence-corrected chi connectivity index (χ0v) is 20.3. The lowest BCUT2D eigenvalue weighted by atomic mass is 9.87. The number of aryl methyl sites for hydroxylation is 1. The highest BCUT2D eigenvalue weighted by molar-refractivity contribution is 8.00. The molecule has 1 N–H and O–H groups in total. The first-order valence-corrected chi connectivity index (χ1v) is 11.2. The van der Waals surface area contributed by atoms with Gasteiger partial charge in [0.25, 0.3) is 0 Å². The van der Waals surface area contributed by atoms with Crippen LogP contribution in [0.15, 0.2) is 29.4 Å². The molecule has 0 saturated carbocycles. The number of carbonyl (C=O) groups excluding carboxylic acids is 2. The van der Waals surface area contributed by atoms with Gasteiger partial charge < -0.3 is 9.55 Å². The molecule has 0 saturated heterocycles. The number of aromatic amines is 1. The molecule has 1 aromatic carbocycles. The SMILES string of the molecule is CC(=O)c1c(C)[nH]c(C(=O)C(C)Sc2nnc(-c3ccc(C(C)(C)C)cc3)n2C)c1C. The molecule has 31 heavy (non-hydrogen) atoms. The Kier molecular flexibility index (Phi) is 6.28. The standard InChI is InChI=1S/C24H30N4O2S/c1-13-19(15(3)29)14(2)25-20(13)21(30)16(4)31-23-27-26-22(28(23)8)17-9-11-18(12-10-17)24(5,6)7/h9-12,16,25H,1-8H3. The monoisotopic (exact) mass is 438 g/mol. The maximum absolute atomic E-state index is 13.1. The first-order valence-electron chi connectivity index (χ1n) is 10.3. The molecule has 164 valence electrons. The summed E-state index contributed by atoms with van der Waals surface area (Å²) >= 11 is 1.36. The van der Waals surface area contributed by atoms with Crippen molar-refractivity contribution in [3.63, 3.8) is 0 Å². The highest BCUT2D eigenvalue weighted by atomic mass is 32.2. The minimum Gasteiger partial charge on any atom is -0.355 e. The number of thioether (sulfide) groups is 1. The number of benzene rings is 1. The number of H-pyrrole nitrogens is 1. The van der Waals surface area contributed by atoms with E-state index in [0.29, 0.717) is 22.0 Å². The van der Waals surface area contributed by atoms with Gasteiger partial charge in [0, 0.05) is 23.9 Å². The van der Waals surface area contributed by atoms with E-state index in [-0.39, 0.29) is 22.2 Å². The average Bonchev–Trinajstić information content (AvgIpc) is 3.19. The molecule has 2 heterocycles. The van der Waals surface area contributed by atoms with Crippen LogP contribution in [0, 0.1) is 13.8 Å². The topological polar surface area (TPSA) is 80.6 Å². The molecular formula is C24H30N4O2S. The second kappa shape index (κ2) is 8.46. The lowest BCUT2D eigenvalue weighted by Crippen LogP contribution is -2.16. The molecule has 2 aromatic heterocycles. The van der Waals surface area contributed by atoms with E-state index in [1.807, 2.05) is 32.4 Å². The van der Waals surface area contributed by atoms with E-state index in [1.165, 1.54) is 24.2 Å². The summed E-state index contributed by atoms with van der Waals surface area (Å²) in [6.07, 6.45) is 0. The van der Waals surface area contributed by atoms with Gasteiger partial charge in [0.15, 0.2) is 22.5 Å². The van der Waals surface area contributed by atoms with E-state index in [0.717, 1.165) is 17.1 Å². The second-order valence-corrected chi connectivity index (χ2v) is 10.3. The van der Waals surface area contributed by atoms with Crippen molar-refractivity contribution in [2.24, 2.45) is 7.05 Å². The maximum Gasteiger partial charge on any atom is 0.192 e. The molecule has 0 amide bonds. The summed E-state index contributed by atoms with van der Waals surface area (Å²) in [6, 6.07) is 8.35. The van der Waals surface area contributed by atoms with Gasteiger partial charge in [-0.1, -0.05) is 56.8 Å². The zero-order valence-electron chi connectivity index (χ0n) is 19.5. The largest absolute Gasteiger partial charge is 0.355 e. The quantitative estimate of drug-likeness (QED) is 0.418. The van der Waals surface area contributed by atoms with Gasteiger partial charge in [-0.3, -0.25) is 9.59 Å². The van der Waals surface area contributed by atoms with Gasteiger partial charge in [-0.15, -0.1) is 10.2 Å². The third-order valence-electron chi connectivity index (χ3n) is 5.53. The van der Waals surface area contributed by atoms with Gasteiger partial charge in [-0.25, -0.2) is 0 Å². The maximum atomic E-state index is 13.1. The van der Waals surface area contributed by atoms with E-state index >= 15 is 0 Å². The summed E-state index contributed by atoms with van der Waals surface area (Å²) in [5.41, 5.74) is 4.85. The van der Waals surface area contributed by atoms with Crippen LogP contribution in [0.25, 0.3) is 11.4 Å². The van der Waals surface area contributed by atoms with E-state index in [1.54, 1.807) is 0 Å². The molecule has 3 rings (SSSR count). The van der Waals surface area contributed by atoms with Crippen molar-refractivity contribution in [3.05, 3.63) is 52.3 Å². The van der Waals surface area contributed by atoms with Crippen LogP contribution in [0.4, 0.5) is 0 Å². The Morgan fingerprint density at radius 3 is 2.23 bits per heavy atom. The van der Waals surface area contributed by atoms with Crippen LogP contribution >= 0.6 is 11.8 Å². The zero-order chi connectivity index (χ0) is 23.1. The smallest absolute Gasteiger partial charge is 0.192 e. The summed E-state index contributed by atoms with van der Waals surface area (Å²) in [7, 11) is 1.91. The number of carbonyl (C=O) groups is 2. The average molecular weight is 439 g/mol. The number of Topliss-reactive ketones (excluding diaryl/α,β-unsaturated/α-hetero) is 2. The van der Waals surface area contributed by atoms with Crippen molar-refractivity contribution in [1.29, 1.82) is 0 Å². The van der Waals surface area contributed by atoms with Gasteiger partial charge >= 0.3 is 0 Å². The van der Waals surface area contributed by atoms with Crippen molar-refractivity contribution in [1.82, 2.24) is 19.7 Å². The molecule has 1 atom stereocenters. The van der Waals surface area contributed by atoms with E-state index < -0.39 is 0 Å². The molecule has 6 nitrogen and oxygen atoms in total. The normalized spacial score (nSPS) is 12.8. The van der Waals surface area contributed by atoms with Gasteiger partial charge in [0.05, 0.1) is 10.9 Å². The molecule has 0 spiro atoms. The van der Waals surface area contributed by atoms with Gasteiger partial charge in [0.1, 0.15) is 0 Å². The number of ketones is 2. The van der Waals surface area contributed by atoms with Crippen LogP contribution in [-0.2, 0) is 12.5 Å². The Morgan fingerprint density at radius 2 is 1.71 bits per heavy atom. The van der Waals surface area contributed by atoms with E-state index in [9.17, 15) is 9.59 Å². The fraction of sp³-hybridized carbons (Fsp3) is 0.417. The summed E-state index contributed by atoms with van der Waals surface area (Å²) in [5, 5.41) is 8.95. The lowest BCUT2D eigenvalue weighted by molar-refractivity contribution is 0.0988. The minimum absolute atomic E-state index is 0.0407. The fourth-order valence-electron chi connectivity index (χ4n) is 3.73. The van der Waals surface area contributed by atoms with Crippen LogP contribution < -0.4 is 0 Å². The molecule has 0 aliphatic heterocycles. The van der Waals surface area contributed by atoms with Crippen molar-refractivity contribution in [2.45, 2.75) is 64.3 Å². The Morgan fingerprint density at radius 1 is 1.10 bits per heavy atom. The highest BCUT2D eigenvalue weighted by Gasteiger charge is 2.26. The summed E-state index contributed by atoms with van der Waals surface area (Å²) < 4.78 is 1.91. The molecule has 0 aliphatic carbocycles. The van der Waals surface area contributed by atoms with Crippen LogP contribution in [0.3, 0.4) is 0 Å². The minimum atomic E-state index is -0.379. The molecular weight excluding hydrogens is 408 g/mol. The highest BCUT2D eigenvalue weighted by Crippen LogP contribution is 2.30. The number of hydrogen-bond acceptors (Lipinski definition) is 5. The van der Waals surface area contributed by atoms with Gasteiger partial charge in [-0.05, 0) is 44.2 Å². The predicted molar refractivity (Wildman–Crippen MR) is 125 cm³/mol. The Balaban J connectivity index is 1.81. The van der Waals surface area contributed by atoms with E-state index in [4.69, 9.17) is 0 Å². The molecule has 0 bridgehead atoms. The lowest BCUT2D eigenvalue weighted by Gasteiger charge is -2.19.